The average molecular weight is 418 g/mol. The quantitative estimate of drug-likeness (QED) is 0.456. The Morgan fingerprint density at radius 1 is 1.03 bits per heavy atom. The van der Waals surface area contributed by atoms with E-state index in [0.717, 1.165) is 11.1 Å². The molecule has 7 heteroatoms. The van der Waals surface area contributed by atoms with Crippen LogP contribution in [0.4, 0.5) is 0 Å². The van der Waals surface area contributed by atoms with Crippen LogP contribution < -0.4 is 9.47 Å². The van der Waals surface area contributed by atoms with Crippen molar-refractivity contribution < 1.29 is 23.8 Å². The molecule has 0 spiro atoms. The maximum atomic E-state index is 12.4. The summed E-state index contributed by atoms with van der Waals surface area (Å²) in [5.74, 6) is 0.338. The summed E-state index contributed by atoms with van der Waals surface area (Å²) in [6.07, 6.45) is 2.88. The second-order valence-electron chi connectivity index (χ2n) is 6.09. The Kier molecular flexibility index (Phi) is 8.55. The molecule has 154 valence electrons. The van der Waals surface area contributed by atoms with Crippen molar-refractivity contribution in [2.24, 2.45) is 0 Å². The molecule has 2 aromatic rings. The summed E-state index contributed by atoms with van der Waals surface area (Å²) in [6, 6.07) is 12.5. The highest BCUT2D eigenvalue weighted by Crippen LogP contribution is 2.28. The van der Waals surface area contributed by atoms with E-state index >= 15 is 0 Å². The summed E-state index contributed by atoms with van der Waals surface area (Å²) in [5, 5.41) is 0.615. The first-order chi connectivity index (χ1) is 14.0. The number of esters is 1. The number of likely N-dealkylation sites (N-methyl/N-ethyl adjacent to an activating group) is 1. The molecular weight excluding hydrogens is 394 g/mol. The van der Waals surface area contributed by atoms with Gasteiger partial charge in [-0.1, -0.05) is 29.8 Å². The highest BCUT2D eigenvalue weighted by atomic mass is 35.5. The second kappa shape index (κ2) is 11.1. The minimum atomic E-state index is -0.588. The summed E-state index contributed by atoms with van der Waals surface area (Å²) in [7, 11) is 3.12. The van der Waals surface area contributed by atoms with Gasteiger partial charge in [0.1, 0.15) is 0 Å². The van der Waals surface area contributed by atoms with Gasteiger partial charge in [-0.3, -0.25) is 4.79 Å². The second-order valence-corrected chi connectivity index (χ2v) is 6.53. The number of benzene rings is 2. The van der Waals surface area contributed by atoms with Crippen molar-refractivity contribution in [1.82, 2.24) is 4.90 Å². The van der Waals surface area contributed by atoms with Crippen molar-refractivity contribution in [3.63, 3.8) is 0 Å². The highest BCUT2D eigenvalue weighted by Gasteiger charge is 2.15. The number of amides is 1. The molecule has 1 amide bonds. The number of ether oxygens (including phenoxy) is 3. The van der Waals surface area contributed by atoms with Gasteiger partial charge in [0.15, 0.2) is 18.1 Å². The summed E-state index contributed by atoms with van der Waals surface area (Å²) < 4.78 is 15.6. The molecule has 0 atom stereocenters. The number of nitrogens with zero attached hydrogens (tertiary/aromatic N) is 1. The van der Waals surface area contributed by atoms with Gasteiger partial charge in [-0.2, -0.15) is 0 Å². The number of rotatable bonds is 9. The summed E-state index contributed by atoms with van der Waals surface area (Å²) in [5.41, 5.74) is 1.69. The lowest BCUT2D eigenvalue weighted by atomic mass is 10.2. The van der Waals surface area contributed by atoms with Gasteiger partial charge in [0.05, 0.1) is 14.2 Å². The fourth-order valence-corrected chi connectivity index (χ4v) is 2.71. The smallest absolute Gasteiger partial charge is 0.331 e. The van der Waals surface area contributed by atoms with E-state index in [9.17, 15) is 9.59 Å². The van der Waals surface area contributed by atoms with E-state index < -0.39 is 5.97 Å². The maximum absolute atomic E-state index is 12.4. The number of methoxy groups -OCH3 is 2. The van der Waals surface area contributed by atoms with E-state index in [1.54, 1.807) is 55.5 Å². The summed E-state index contributed by atoms with van der Waals surface area (Å²) in [6.45, 7) is 2.38. The lowest BCUT2D eigenvalue weighted by Crippen LogP contribution is -2.34. The first-order valence-electron chi connectivity index (χ1n) is 9.06. The molecule has 0 unspecified atom stereocenters. The van der Waals surface area contributed by atoms with Gasteiger partial charge < -0.3 is 19.1 Å². The van der Waals surface area contributed by atoms with Gasteiger partial charge in [0.2, 0.25) is 0 Å². The molecular formula is C22H24ClNO5. The van der Waals surface area contributed by atoms with Crippen molar-refractivity contribution in [3.8, 4) is 11.5 Å². The molecule has 6 nitrogen and oxygen atoms in total. The molecule has 0 aliphatic heterocycles. The van der Waals surface area contributed by atoms with Crippen molar-refractivity contribution in [2.45, 2.75) is 13.5 Å². The van der Waals surface area contributed by atoms with Crippen LogP contribution in [0.2, 0.25) is 5.02 Å². The Hall–Kier alpha value is -2.99. The molecule has 2 rings (SSSR count). The van der Waals surface area contributed by atoms with Gasteiger partial charge in [-0.25, -0.2) is 4.79 Å². The zero-order chi connectivity index (χ0) is 21.2. The van der Waals surface area contributed by atoms with Gasteiger partial charge >= 0.3 is 5.97 Å². The Balaban J connectivity index is 1.90. The van der Waals surface area contributed by atoms with Crippen LogP contribution in [0.3, 0.4) is 0 Å². The number of carbonyl (C=O) groups excluding carboxylic acids is 2. The first kappa shape index (κ1) is 22.3. The Labute approximate surface area is 175 Å². The largest absolute Gasteiger partial charge is 0.493 e. The highest BCUT2D eigenvalue weighted by molar-refractivity contribution is 6.30. The van der Waals surface area contributed by atoms with Crippen LogP contribution in [0.15, 0.2) is 48.5 Å². The average Bonchev–Trinajstić information content (AvgIpc) is 2.75. The SMILES string of the molecule is CCN(Cc1ccc(OC)c(OC)c1)C(=O)COC(=O)/C=C/c1ccc(Cl)cc1. The van der Waals surface area contributed by atoms with Crippen LogP contribution in [0.25, 0.3) is 6.08 Å². The zero-order valence-electron chi connectivity index (χ0n) is 16.7. The van der Waals surface area contributed by atoms with E-state index in [1.165, 1.54) is 6.08 Å². The van der Waals surface area contributed by atoms with Gasteiger partial charge in [-0.15, -0.1) is 0 Å². The van der Waals surface area contributed by atoms with E-state index in [1.807, 2.05) is 19.1 Å². The lowest BCUT2D eigenvalue weighted by Gasteiger charge is -2.21. The molecule has 0 radical (unpaired) electrons. The molecule has 0 saturated carbocycles. The Bertz CT molecular complexity index is 864. The molecule has 0 aromatic heterocycles. The fraction of sp³-hybridized carbons (Fsp3) is 0.273. The fourth-order valence-electron chi connectivity index (χ4n) is 2.59. The predicted octanol–water partition coefficient (Wildman–Crippen LogP) is 3.96. The summed E-state index contributed by atoms with van der Waals surface area (Å²) >= 11 is 5.82. The van der Waals surface area contributed by atoms with Crippen LogP contribution in [0, 0.1) is 0 Å². The molecule has 0 bridgehead atoms. The zero-order valence-corrected chi connectivity index (χ0v) is 17.4. The minimum absolute atomic E-state index is 0.282. The van der Waals surface area contributed by atoms with Crippen molar-refractivity contribution >= 4 is 29.6 Å². The topological polar surface area (TPSA) is 65.1 Å². The lowest BCUT2D eigenvalue weighted by molar-refractivity contribution is -0.148. The van der Waals surface area contributed by atoms with Crippen LogP contribution >= 0.6 is 11.6 Å². The van der Waals surface area contributed by atoms with Crippen molar-refractivity contribution in [2.75, 3.05) is 27.4 Å². The minimum Gasteiger partial charge on any atom is -0.493 e. The molecule has 0 N–H and O–H groups in total. The summed E-state index contributed by atoms with van der Waals surface area (Å²) in [4.78, 5) is 25.9. The molecule has 0 aliphatic rings. The van der Waals surface area contributed by atoms with E-state index in [0.29, 0.717) is 29.6 Å². The third-order valence-electron chi connectivity index (χ3n) is 4.18. The number of hydrogen-bond donors (Lipinski definition) is 0. The number of halogens is 1. The van der Waals surface area contributed by atoms with Crippen LogP contribution in [0.1, 0.15) is 18.1 Å². The number of hydrogen-bond acceptors (Lipinski definition) is 5. The van der Waals surface area contributed by atoms with E-state index in [4.69, 9.17) is 25.8 Å². The normalized spacial score (nSPS) is 10.6. The monoisotopic (exact) mass is 417 g/mol. The first-order valence-corrected chi connectivity index (χ1v) is 9.43. The molecule has 0 aliphatic carbocycles. The van der Waals surface area contributed by atoms with Crippen LogP contribution in [-0.4, -0.2) is 44.1 Å². The van der Waals surface area contributed by atoms with Crippen molar-refractivity contribution in [1.29, 1.82) is 0 Å². The third-order valence-corrected chi connectivity index (χ3v) is 4.43. The van der Waals surface area contributed by atoms with Gasteiger partial charge in [0, 0.05) is 24.2 Å². The third kappa shape index (κ3) is 6.84. The number of carbonyl (C=O) groups is 2. The molecule has 0 saturated heterocycles. The predicted molar refractivity (Wildman–Crippen MR) is 112 cm³/mol. The molecule has 29 heavy (non-hydrogen) atoms. The standard InChI is InChI=1S/C22H24ClNO5/c1-4-24(14-17-7-11-19(27-2)20(13-17)28-3)21(25)15-29-22(26)12-8-16-5-9-18(23)10-6-16/h5-13H,4,14-15H2,1-3H3/b12-8+. The molecule has 2 aromatic carbocycles. The Morgan fingerprint density at radius 2 is 1.72 bits per heavy atom. The van der Waals surface area contributed by atoms with Gasteiger partial charge in [-0.05, 0) is 48.4 Å². The van der Waals surface area contributed by atoms with E-state index in [-0.39, 0.29) is 12.5 Å². The van der Waals surface area contributed by atoms with Gasteiger partial charge in [0.25, 0.3) is 5.91 Å². The molecule has 0 fully saturated rings. The Morgan fingerprint density at radius 3 is 2.34 bits per heavy atom. The maximum Gasteiger partial charge on any atom is 0.331 e. The molecule has 0 heterocycles. The van der Waals surface area contributed by atoms with Crippen LogP contribution in [0.5, 0.6) is 11.5 Å². The van der Waals surface area contributed by atoms with Crippen LogP contribution in [-0.2, 0) is 20.9 Å². The van der Waals surface area contributed by atoms with E-state index in [2.05, 4.69) is 0 Å². The van der Waals surface area contributed by atoms with Crippen molar-refractivity contribution in [3.05, 3.63) is 64.7 Å².